The molecular formula is C27H37N5O. The summed E-state index contributed by atoms with van der Waals surface area (Å²) in [6.07, 6.45) is 1.73. The summed E-state index contributed by atoms with van der Waals surface area (Å²) in [4.78, 5) is 22.4. The first-order valence-electron chi connectivity index (χ1n) is 12.4. The molecule has 3 aromatic rings. The Morgan fingerprint density at radius 3 is 2.48 bits per heavy atom. The number of aryl methyl sites for hydroxylation is 1. The number of aromatic nitrogens is 2. The topological polar surface area (TPSA) is 53.4 Å². The number of carbonyl (C=O) groups excluding carboxylic acids is 1. The number of piperidine rings is 1. The zero-order chi connectivity index (χ0) is 23.2. The summed E-state index contributed by atoms with van der Waals surface area (Å²) < 4.78 is 2.34. The molecule has 1 fully saturated rings. The molecule has 0 spiro atoms. The smallest absolute Gasteiger partial charge is 0.223 e. The van der Waals surface area contributed by atoms with Crippen molar-refractivity contribution >= 4 is 22.9 Å². The van der Waals surface area contributed by atoms with Crippen LogP contribution in [-0.4, -0.2) is 59.6 Å². The average molecular weight is 448 g/mol. The van der Waals surface area contributed by atoms with Crippen LogP contribution >= 0.6 is 0 Å². The van der Waals surface area contributed by atoms with E-state index in [4.69, 9.17) is 4.98 Å². The van der Waals surface area contributed by atoms with Crippen LogP contribution in [0.5, 0.6) is 0 Å². The van der Waals surface area contributed by atoms with Crippen LogP contribution in [0.2, 0.25) is 0 Å². The minimum absolute atomic E-state index is 0.0900. The number of likely N-dealkylation sites (N-methyl/N-ethyl adjacent to an activating group) is 1. The predicted molar refractivity (Wildman–Crippen MR) is 136 cm³/mol. The normalized spacial score (nSPS) is 14.8. The first-order valence-corrected chi connectivity index (χ1v) is 12.4. The summed E-state index contributed by atoms with van der Waals surface area (Å²) in [5, 5.41) is 3.16. The molecule has 0 bridgehead atoms. The Kier molecular flexibility index (Phi) is 7.65. The molecule has 1 N–H and O–H groups in total. The zero-order valence-electron chi connectivity index (χ0n) is 20.3. The Bertz CT molecular complexity index is 1060. The van der Waals surface area contributed by atoms with Gasteiger partial charge in [0.15, 0.2) is 0 Å². The quantitative estimate of drug-likeness (QED) is 0.537. The van der Waals surface area contributed by atoms with Crippen LogP contribution < -0.4 is 10.2 Å². The fourth-order valence-electron chi connectivity index (χ4n) is 4.78. The van der Waals surface area contributed by atoms with Crippen molar-refractivity contribution in [1.29, 1.82) is 0 Å². The largest absolute Gasteiger partial charge is 0.355 e. The molecule has 0 unspecified atom stereocenters. The molecule has 2 heterocycles. The molecule has 1 amide bonds. The van der Waals surface area contributed by atoms with Crippen molar-refractivity contribution in [2.45, 2.75) is 40.2 Å². The summed E-state index contributed by atoms with van der Waals surface area (Å²) in [5.74, 6) is 1.31. The number of hydrogen-bond acceptors (Lipinski definition) is 4. The maximum absolute atomic E-state index is 12.7. The first-order chi connectivity index (χ1) is 16.1. The molecule has 0 atom stereocenters. The Morgan fingerprint density at radius 1 is 1.06 bits per heavy atom. The molecule has 1 aromatic heterocycles. The molecule has 1 saturated heterocycles. The second kappa shape index (κ2) is 10.8. The monoisotopic (exact) mass is 447 g/mol. The van der Waals surface area contributed by atoms with E-state index in [0.717, 1.165) is 75.6 Å². The van der Waals surface area contributed by atoms with Crippen LogP contribution in [0.1, 0.15) is 37.8 Å². The van der Waals surface area contributed by atoms with Gasteiger partial charge in [-0.1, -0.05) is 50.2 Å². The molecule has 0 aliphatic carbocycles. The number of imidazole rings is 1. The predicted octanol–water partition coefficient (Wildman–Crippen LogP) is 4.07. The van der Waals surface area contributed by atoms with Crippen LogP contribution in [-0.2, 0) is 11.3 Å². The van der Waals surface area contributed by atoms with Gasteiger partial charge in [0.25, 0.3) is 0 Å². The van der Waals surface area contributed by atoms with Gasteiger partial charge >= 0.3 is 0 Å². The Balaban J connectivity index is 1.44. The molecule has 33 heavy (non-hydrogen) atoms. The molecule has 1 aliphatic rings. The lowest BCUT2D eigenvalue weighted by molar-refractivity contribution is -0.125. The van der Waals surface area contributed by atoms with E-state index >= 15 is 0 Å². The molecule has 6 heteroatoms. The standard InChI is InChI=1S/C27H37N5O/c1-4-30(5-2)19-16-28-26(33)22-14-17-31(18-15-22)27-29-24-12-8-9-13-25(24)32(27)20-23-11-7-6-10-21(23)3/h6-13,22H,4-5,14-20H2,1-3H3,(H,28,33). The molecule has 2 aromatic carbocycles. The van der Waals surface area contributed by atoms with Crippen molar-refractivity contribution < 1.29 is 4.79 Å². The van der Waals surface area contributed by atoms with Gasteiger partial charge in [0.05, 0.1) is 17.6 Å². The van der Waals surface area contributed by atoms with Gasteiger partial charge in [-0.25, -0.2) is 4.98 Å². The third kappa shape index (κ3) is 5.38. The summed E-state index contributed by atoms with van der Waals surface area (Å²) >= 11 is 0. The summed E-state index contributed by atoms with van der Waals surface area (Å²) in [7, 11) is 0. The van der Waals surface area contributed by atoms with Crippen LogP contribution in [0.4, 0.5) is 5.95 Å². The van der Waals surface area contributed by atoms with Gasteiger partial charge in [-0.15, -0.1) is 0 Å². The Hall–Kier alpha value is -2.86. The van der Waals surface area contributed by atoms with Crippen molar-refractivity contribution in [3.05, 3.63) is 59.7 Å². The number of nitrogens with one attached hydrogen (secondary N) is 1. The molecular weight excluding hydrogens is 410 g/mol. The van der Waals surface area contributed by atoms with Gasteiger partial charge in [-0.05, 0) is 56.1 Å². The highest BCUT2D eigenvalue weighted by atomic mass is 16.1. The fraction of sp³-hybridized carbons (Fsp3) is 0.481. The van der Waals surface area contributed by atoms with Crippen molar-refractivity contribution in [2.24, 2.45) is 5.92 Å². The van der Waals surface area contributed by atoms with Crippen LogP contribution in [0, 0.1) is 12.8 Å². The third-order valence-corrected chi connectivity index (χ3v) is 6.99. The van der Waals surface area contributed by atoms with Crippen molar-refractivity contribution in [2.75, 3.05) is 44.2 Å². The number of nitrogens with zero attached hydrogens (tertiary/aromatic N) is 4. The van der Waals surface area contributed by atoms with E-state index in [0.29, 0.717) is 0 Å². The third-order valence-electron chi connectivity index (χ3n) is 6.99. The average Bonchev–Trinajstić information content (AvgIpc) is 3.21. The lowest BCUT2D eigenvalue weighted by Gasteiger charge is -2.32. The van der Waals surface area contributed by atoms with Crippen molar-refractivity contribution in [3.8, 4) is 0 Å². The number of rotatable bonds is 9. The highest BCUT2D eigenvalue weighted by molar-refractivity contribution is 5.80. The summed E-state index contributed by atoms with van der Waals surface area (Å²) in [5.41, 5.74) is 4.79. The van der Waals surface area contributed by atoms with Crippen LogP contribution in [0.25, 0.3) is 11.0 Å². The Labute approximate surface area is 197 Å². The number of carbonyl (C=O) groups is 1. The molecule has 176 valence electrons. The number of anilines is 1. The summed E-state index contributed by atoms with van der Waals surface area (Å²) in [6, 6.07) is 16.9. The van der Waals surface area contributed by atoms with Crippen molar-refractivity contribution in [1.82, 2.24) is 19.8 Å². The van der Waals surface area contributed by atoms with Gasteiger partial charge in [0.1, 0.15) is 0 Å². The SMILES string of the molecule is CCN(CC)CCNC(=O)C1CCN(c2nc3ccccc3n2Cc2ccccc2C)CC1. The second-order valence-electron chi connectivity index (χ2n) is 8.99. The minimum atomic E-state index is 0.0900. The second-order valence-corrected chi connectivity index (χ2v) is 8.99. The van der Waals surface area contributed by atoms with Crippen molar-refractivity contribution in [3.63, 3.8) is 0 Å². The molecule has 4 rings (SSSR count). The van der Waals surface area contributed by atoms with Crippen LogP contribution in [0.15, 0.2) is 48.5 Å². The van der Waals surface area contributed by atoms with E-state index in [1.54, 1.807) is 0 Å². The lowest BCUT2D eigenvalue weighted by Crippen LogP contribution is -2.43. The highest BCUT2D eigenvalue weighted by Crippen LogP contribution is 2.28. The molecule has 0 saturated carbocycles. The summed E-state index contributed by atoms with van der Waals surface area (Å²) in [6.45, 7) is 12.7. The Morgan fingerprint density at radius 2 is 1.76 bits per heavy atom. The van der Waals surface area contributed by atoms with Gasteiger partial charge in [0, 0.05) is 32.1 Å². The molecule has 0 radical (unpaired) electrons. The first kappa shape index (κ1) is 23.3. The van der Waals surface area contributed by atoms with E-state index in [1.165, 1.54) is 11.1 Å². The van der Waals surface area contributed by atoms with E-state index in [-0.39, 0.29) is 11.8 Å². The molecule has 1 aliphatic heterocycles. The van der Waals surface area contributed by atoms with E-state index in [9.17, 15) is 4.79 Å². The van der Waals surface area contributed by atoms with Gasteiger partial charge in [-0.3, -0.25) is 4.79 Å². The van der Waals surface area contributed by atoms with Gasteiger partial charge < -0.3 is 19.7 Å². The maximum atomic E-state index is 12.7. The number of fused-ring (bicyclic) bond motifs is 1. The lowest BCUT2D eigenvalue weighted by atomic mass is 9.96. The maximum Gasteiger partial charge on any atom is 0.223 e. The minimum Gasteiger partial charge on any atom is -0.355 e. The van der Waals surface area contributed by atoms with E-state index in [2.05, 4.69) is 82.9 Å². The zero-order valence-corrected chi connectivity index (χ0v) is 20.3. The fourth-order valence-corrected chi connectivity index (χ4v) is 4.78. The van der Waals surface area contributed by atoms with E-state index < -0.39 is 0 Å². The van der Waals surface area contributed by atoms with Gasteiger partial charge in [-0.2, -0.15) is 0 Å². The number of para-hydroxylation sites is 2. The number of hydrogen-bond donors (Lipinski definition) is 1. The van der Waals surface area contributed by atoms with Gasteiger partial charge in [0.2, 0.25) is 11.9 Å². The number of amides is 1. The highest BCUT2D eigenvalue weighted by Gasteiger charge is 2.27. The van der Waals surface area contributed by atoms with Crippen LogP contribution in [0.3, 0.4) is 0 Å². The van der Waals surface area contributed by atoms with E-state index in [1.807, 2.05) is 6.07 Å². The number of benzene rings is 2. The molecule has 6 nitrogen and oxygen atoms in total.